The van der Waals surface area contributed by atoms with E-state index in [0.29, 0.717) is 0 Å². The normalized spacial score (nSPS) is 15.2. The van der Waals surface area contributed by atoms with Gasteiger partial charge < -0.3 is 4.90 Å². The summed E-state index contributed by atoms with van der Waals surface area (Å²) < 4.78 is 13.0. The Morgan fingerprint density at radius 1 is 1.00 bits per heavy atom. The Morgan fingerprint density at radius 2 is 1.71 bits per heavy atom. The van der Waals surface area contributed by atoms with Crippen LogP contribution in [0.15, 0.2) is 41.4 Å². The van der Waals surface area contributed by atoms with Crippen molar-refractivity contribution in [1.82, 2.24) is 4.90 Å². The molecule has 0 N–H and O–H groups in total. The maximum Gasteiger partial charge on any atom is 0.123 e. The molecule has 2 aromatic rings. The highest BCUT2D eigenvalue weighted by Crippen LogP contribution is 2.25. The third-order valence-corrected chi connectivity index (χ3v) is 4.71. The zero-order valence-electron chi connectivity index (χ0n) is 14.6. The van der Waals surface area contributed by atoms with Gasteiger partial charge >= 0.3 is 0 Å². The highest BCUT2D eigenvalue weighted by Gasteiger charge is 2.08. The predicted molar refractivity (Wildman–Crippen MR) is 98.7 cm³/mol. The summed E-state index contributed by atoms with van der Waals surface area (Å²) in [5.74, 6) is -0.186. The molecule has 3 rings (SSSR count). The van der Waals surface area contributed by atoms with E-state index in [1.807, 2.05) is 18.5 Å². The fraction of sp³-hybridized carbons (Fsp3) is 0.381. The van der Waals surface area contributed by atoms with Crippen LogP contribution in [0, 0.1) is 19.7 Å². The molecule has 1 fully saturated rings. The lowest BCUT2D eigenvalue weighted by Gasteiger charge is -2.24. The van der Waals surface area contributed by atoms with E-state index >= 15 is 0 Å². The van der Waals surface area contributed by atoms with E-state index in [9.17, 15) is 4.39 Å². The second-order valence-corrected chi connectivity index (χ2v) is 6.71. The summed E-state index contributed by atoms with van der Waals surface area (Å²) in [5, 5.41) is 0. The van der Waals surface area contributed by atoms with Crippen molar-refractivity contribution in [2.24, 2.45) is 4.99 Å². The third-order valence-electron chi connectivity index (χ3n) is 4.71. The summed E-state index contributed by atoms with van der Waals surface area (Å²) in [6.07, 6.45) is 6.69. The molecule has 0 amide bonds. The lowest BCUT2D eigenvalue weighted by Crippen LogP contribution is -2.28. The molecule has 0 spiro atoms. The van der Waals surface area contributed by atoms with E-state index in [2.05, 4.69) is 30.9 Å². The van der Waals surface area contributed by atoms with Gasteiger partial charge in [0.2, 0.25) is 0 Å². The first-order valence-corrected chi connectivity index (χ1v) is 8.74. The number of rotatable bonds is 4. The first kappa shape index (κ1) is 16.7. The zero-order valence-corrected chi connectivity index (χ0v) is 14.6. The first-order valence-electron chi connectivity index (χ1n) is 8.74. The van der Waals surface area contributed by atoms with E-state index < -0.39 is 0 Å². The van der Waals surface area contributed by atoms with E-state index in [1.54, 1.807) is 0 Å². The molecule has 0 bridgehead atoms. The van der Waals surface area contributed by atoms with Gasteiger partial charge in [-0.2, -0.15) is 0 Å². The molecular weight excluding hydrogens is 299 g/mol. The van der Waals surface area contributed by atoms with Crippen molar-refractivity contribution in [2.45, 2.75) is 39.5 Å². The summed E-state index contributed by atoms with van der Waals surface area (Å²) in [6.45, 7) is 6.46. The number of hydrogen-bond donors (Lipinski definition) is 0. The van der Waals surface area contributed by atoms with Gasteiger partial charge in [0.25, 0.3) is 0 Å². The summed E-state index contributed by atoms with van der Waals surface area (Å²) >= 11 is 0. The average molecular weight is 324 g/mol. The number of nitrogens with zero attached hydrogens (tertiary/aromatic N) is 2. The number of likely N-dealkylation sites (tertiary alicyclic amines) is 1. The monoisotopic (exact) mass is 324 g/mol. The van der Waals surface area contributed by atoms with Crippen LogP contribution >= 0.6 is 0 Å². The van der Waals surface area contributed by atoms with Crippen molar-refractivity contribution in [3.05, 3.63) is 64.5 Å². The molecule has 0 unspecified atom stereocenters. The lowest BCUT2D eigenvalue weighted by molar-refractivity contribution is 0.351. The molecule has 1 saturated heterocycles. The quantitative estimate of drug-likeness (QED) is 0.559. The van der Waals surface area contributed by atoms with Gasteiger partial charge in [-0.1, -0.05) is 18.2 Å². The fourth-order valence-electron chi connectivity index (χ4n) is 3.19. The molecule has 0 radical (unpaired) electrons. The Labute approximate surface area is 144 Å². The molecule has 0 atom stereocenters. The lowest BCUT2D eigenvalue weighted by atomic mass is 9.97. The van der Waals surface area contributed by atoms with Crippen LogP contribution in [0.5, 0.6) is 0 Å². The van der Waals surface area contributed by atoms with Crippen LogP contribution in [0.1, 0.15) is 41.5 Å². The molecule has 3 heteroatoms. The smallest absolute Gasteiger partial charge is 0.123 e. The van der Waals surface area contributed by atoms with E-state index in [1.165, 1.54) is 48.1 Å². The van der Waals surface area contributed by atoms with E-state index in [4.69, 9.17) is 4.99 Å². The van der Waals surface area contributed by atoms with Crippen LogP contribution in [-0.4, -0.2) is 24.3 Å². The average Bonchev–Trinajstić information content (AvgIpc) is 2.59. The van der Waals surface area contributed by atoms with Crippen LogP contribution in [0.25, 0.3) is 0 Å². The number of piperidine rings is 1. The van der Waals surface area contributed by atoms with Crippen LogP contribution < -0.4 is 0 Å². The fourth-order valence-corrected chi connectivity index (χ4v) is 3.19. The molecule has 1 aliphatic rings. The molecule has 1 aliphatic heterocycles. The van der Waals surface area contributed by atoms with Crippen LogP contribution in [0.4, 0.5) is 10.1 Å². The molecule has 126 valence electrons. The summed E-state index contributed by atoms with van der Waals surface area (Å²) in [5.41, 5.74) is 5.86. The minimum atomic E-state index is -0.186. The maximum atomic E-state index is 13.0. The van der Waals surface area contributed by atoms with Crippen LogP contribution in [-0.2, 0) is 6.42 Å². The number of halogens is 1. The molecule has 0 aliphatic carbocycles. The van der Waals surface area contributed by atoms with Crippen molar-refractivity contribution in [3.8, 4) is 0 Å². The van der Waals surface area contributed by atoms with Crippen molar-refractivity contribution >= 4 is 12.0 Å². The van der Waals surface area contributed by atoms with Crippen molar-refractivity contribution in [2.75, 3.05) is 13.1 Å². The van der Waals surface area contributed by atoms with Gasteiger partial charge in [-0.3, -0.25) is 0 Å². The van der Waals surface area contributed by atoms with Gasteiger partial charge in [-0.25, -0.2) is 9.38 Å². The maximum absolute atomic E-state index is 13.0. The highest BCUT2D eigenvalue weighted by atomic mass is 19.1. The Balaban J connectivity index is 1.75. The largest absolute Gasteiger partial charge is 0.363 e. The third kappa shape index (κ3) is 4.22. The van der Waals surface area contributed by atoms with Gasteiger partial charge in [-0.05, 0) is 80.0 Å². The minimum Gasteiger partial charge on any atom is -0.363 e. The van der Waals surface area contributed by atoms with Crippen molar-refractivity contribution < 1.29 is 4.39 Å². The SMILES string of the molecule is Cc1cc(N=CN2CCCCC2)c(C)cc1Cc1ccc(F)cc1. The topological polar surface area (TPSA) is 15.6 Å². The van der Waals surface area contributed by atoms with Gasteiger partial charge in [0, 0.05) is 13.1 Å². The minimum absolute atomic E-state index is 0.186. The van der Waals surface area contributed by atoms with E-state index in [0.717, 1.165) is 30.8 Å². The second-order valence-electron chi connectivity index (χ2n) is 6.71. The molecule has 2 aromatic carbocycles. The van der Waals surface area contributed by atoms with Gasteiger partial charge in [-0.15, -0.1) is 0 Å². The van der Waals surface area contributed by atoms with Crippen LogP contribution in [0.2, 0.25) is 0 Å². The summed E-state index contributed by atoms with van der Waals surface area (Å²) in [7, 11) is 0. The molecule has 2 nitrogen and oxygen atoms in total. The van der Waals surface area contributed by atoms with E-state index in [-0.39, 0.29) is 5.82 Å². The highest BCUT2D eigenvalue weighted by molar-refractivity contribution is 5.64. The molecule has 1 heterocycles. The number of hydrogen-bond acceptors (Lipinski definition) is 1. The standard InChI is InChI=1S/C21H25FN2/c1-16-13-21(23-15-24-10-4-3-5-11-24)17(2)12-19(16)14-18-6-8-20(22)9-7-18/h6-9,12-13,15H,3-5,10-11,14H2,1-2H3. The summed E-state index contributed by atoms with van der Waals surface area (Å²) in [6, 6.07) is 11.1. The molecular formula is C21H25FN2. The predicted octanol–water partition coefficient (Wildman–Crippen LogP) is 5.18. The Kier molecular flexibility index (Phi) is 5.29. The Morgan fingerprint density at radius 3 is 2.42 bits per heavy atom. The van der Waals surface area contributed by atoms with Gasteiger partial charge in [0.15, 0.2) is 0 Å². The first-order chi connectivity index (χ1) is 11.6. The van der Waals surface area contributed by atoms with Gasteiger partial charge in [0.1, 0.15) is 5.82 Å². The Bertz CT molecular complexity index is 713. The van der Waals surface area contributed by atoms with Crippen LogP contribution in [0.3, 0.4) is 0 Å². The number of aliphatic imine (C=N–C) groups is 1. The number of aryl methyl sites for hydroxylation is 2. The number of benzene rings is 2. The summed E-state index contributed by atoms with van der Waals surface area (Å²) in [4.78, 5) is 7.01. The molecule has 0 aromatic heterocycles. The second kappa shape index (κ2) is 7.61. The zero-order chi connectivity index (χ0) is 16.9. The van der Waals surface area contributed by atoms with Crippen molar-refractivity contribution in [1.29, 1.82) is 0 Å². The molecule has 24 heavy (non-hydrogen) atoms. The van der Waals surface area contributed by atoms with Crippen molar-refractivity contribution in [3.63, 3.8) is 0 Å². The van der Waals surface area contributed by atoms with Gasteiger partial charge in [0.05, 0.1) is 12.0 Å². The molecule has 0 saturated carbocycles. The Hall–Kier alpha value is -2.16.